The Morgan fingerprint density at radius 3 is 2.65 bits per heavy atom. The maximum absolute atomic E-state index is 12.4. The molecule has 1 aromatic carbocycles. The number of carbonyl (C=O) groups excluding carboxylic acids is 2. The summed E-state index contributed by atoms with van der Waals surface area (Å²) in [6, 6.07) is 9.23. The second kappa shape index (κ2) is 6.47. The Bertz CT molecular complexity index is 506. The van der Waals surface area contributed by atoms with Crippen LogP contribution in [0.15, 0.2) is 30.3 Å². The van der Waals surface area contributed by atoms with Crippen molar-refractivity contribution in [3.8, 4) is 0 Å². The molecule has 6 heteroatoms. The van der Waals surface area contributed by atoms with Crippen LogP contribution in [0.4, 0.5) is 0 Å². The molecule has 0 aliphatic heterocycles. The zero-order chi connectivity index (χ0) is 14.5. The first-order valence-electron chi connectivity index (χ1n) is 6.51. The van der Waals surface area contributed by atoms with Gasteiger partial charge >= 0.3 is 0 Å². The lowest BCUT2D eigenvalue weighted by Crippen LogP contribution is -2.50. The molecule has 2 unspecified atom stereocenters. The molecular weight excluding hydrogens is 274 g/mol. The Kier molecular flexibility index (Phi) is 4.68. The average Bonchev–Trinajstić information content (AvgIpc) is 2.94. The molecule has 0 spiro atoms. The van der Waals surface area contributed by atoms with Crippen LogP contribution < -0.4 is 11.2 Å². The second-order valence-electron chi connectivity index (χ2n) is 4.85. The number of ketones is 1. The van der Waals surface area contributed by atoms with Gasteiger partial charge in [-0.15, -0.1) is 0 Å². The zero-order valence-corrected chi connectivity index (χ0v) is 11.8. The summed E-state index contributed by atoms with van der Waals surface area (Å²) in [4.78, 5) is 22.9. The number of amides is 1. The Labute approximate surface area is 123 Å². The van der Waals surface area contributed by atoms with Gasteiger partial charge in [0, 0.05) is 11.5 Å². The number of thiocarbonyl (C=S) groups is 1. The van der Waals surface area contributed by atoms with Crippen LogP contribution in [0, 0.1) is 5.92 Å². The first-order chi connectivity index (χ1) is 9.63. The molecule has 1 amide bonds. The normalized spacial score (nSPS) is 21.2. The highest BCUT2D eigenvalue weighted by molar-refractivity contribution is 7.80. The minimum Gasteiger partial charge on any atom is -0.375 e. The Balaban J connectivity index is 2.03. The smallest absolute Gasteiger partial charge is 0.225 e. The largest absolute Gasteiger partial charge is 0.375 e. The predicted molar refractivity (Wildman–Crippen MR) is 79.7 cm³/mol. The fourth-order valence-corrected chi connectivity index (χ4v) is 2.88. The van der Waals surface area contributed by atoms with E-state index in [4.69, 9.17) is 18.0 Å². The minimum atomic E-state index is -0.0484. The van der Waals surface area contributed by atoms with Crippen molar-refractivity contribution in [2.45, 2.75) is 25.3 Å². The summed E-state index contributed by atoms with van der Waals surface area (Å²) in [5, 5.41) is 1.59. The number of Topliss-reactive ketones (excluding diaryl/α,β-unsaturated/α-hetero) is 1. The molecule has 0 heterocycles. The molecular formula is C14H17N3O2S. The lowest BCUT2D eigenvalue weighted by molar-refractivity contribution is -0.112. The van der Waals surface area contributed by atoms with Gasteiger partial charge in [-0.2, -0.15) is 0 Å². The number of hydrazine groups is 1. The van der Waals surface area contributed by atoms with Crippen molar-refractivity contribution < 1.29 is 9.59 Å². The van der Waals surface area contributed by atoms with E-state index in [1.807, 2.05) is 30.3 Å². The SMILES string of the molecule is NC(=S)N(NC=O)C1CCC(C(=O)c2ccccc2)C1. The van der Waals surface area contributed by atoms with Gasteiger partial charge in [-0.1, -0.05) is 30.3 Å². The monoisotopic (exact) mass is 291 g/mol. The van der Waals surface area contributed by atoms with Crippen LogP contribution in [0.25, 0.3) is 0 Å². The quantitative estimate of drug-likeness (QED) is 0.369. The summed E-state index contributed by atoms with van der Waals surface area (Å²) in [6.45, 7) is 0. The van der Waals surface area contributed by atoms with Gasteiger partial charge in [-0.05, 0) is 31.5 Å². The van der Waals surface area contributed by atoms with Crippen molar-refractivity contribution in [2.75, 3.05) is 0 Å². The number of nitrogens with zero attached hydrogens (tertiary/aromatic N) is 1. The molecule has 0 radical (unpaired) electrons. The summed E-state index contributed by atoms with van der Waals surface area (Å²) in [5.41, 5.74) is 8.81. The number of benzene rings is 1. The number of nitrogens with one attached hydrogen (secondary N) is 1. The lowest BCUT2D eigenvalue weighted by Gasteiger charge is -2.27. The first-order valence-corrected chi connectivity index (χ1v) is 6.92. The minimum absolute atomic E-state index is 0.0182. The lowest BCUT2D eigenvalue weighted by atomic mass is 9.96. The average molecular weight is 291 g/mol. The first kappa shape index (κ1) is 14.5. The van der Waals surface area contributed by atoms with E-state index >= 15 is 0 Å². The van der Waals surface area contributed by atoms with E-state index in [2.05, 4.69) is 5.43 Å². The molecule has 0 bridgehead atoms. The molecule has 0 aromatic heterocycles. The molecule has 1 aliphatic carbocycles. The van der Waals surface area contributed by atoms with Gasteiger partial charge in [0.25, 0.3) is 0 Å². The van der Waals surface area contributed by atoms with Gasteiger partial charge < -0.3 is 5.73 Å². The molecule has 1 saturated carbocycles. The maximum atomic E-state index is 12.4. The number of rotatable bonds is 5. The molecule has 2 rings (SSSR count). The standard InChI is InChI=1S/C14H17N3O2S/c15-14(20)17(16-9-18)12-7-6-11(8-12)13(19)10-4-2-1-3-5-10/h1-5,9,11-12H,6-8H2,(H2,15,20)(H,16,18). The molecule has 1 aromatic rings. The Hall–Kier alpha value is -1.95. The van der Waals surface area contributed by atoms with Crippen molar-refractivity contribution >= 4 is 29.5 Å². The second-order valence-corrected chi connectivity index (χ2v) is 5.27. The van der Waals surface area contributed by atoms with Crippen LogP contribution in [0.5, 0.6) is 0 Å². The third-order valence-electron chi connectivity index (χ3n) is 3.63. The Morgan fingerprint density at radius 2 is 2.05 bits per heavy atom. The third kappa shape index (κ3) is 3.14. The van der Waals surface area contributed by atoms with Crippen LogP contribution in [0.2, 0.25) is 0 Å². The van der Waals surface area contributed by atoms with Crippen molar-refractivity contribution in [3.63, 3.8) is 0 Å². The number of carbonyl (C=O) groups is 2. The van der Waals surface area contributed by atoms with Crippen molar-refractivity contribution in [2.24, 2.45) is 11.7 Å². The summed E-state index contributed by atoms with van der Waals surface area (Å²) < 4.78 is 0. The van der Waals surface area contributed by atoms with Gasteiger partial charge in [0.2, 0.25) is 6.41 Å². The molecule has 1 aliphatic rings. The molecule has 2 atom stereocenters. The highest BCUT2D eigenvalue weighted by Crippen LogP contribution is 2.31. The van der Waals surface area contributed by atoms with Crippen LogP contribution in [0.3, 0.4) is 0 Å². The van der Waals surface area contributed by atoms with E-state index in [1.165, 1.54) is 5.01 Å². The van der Waals surface area contributed by atoms with Crippen LogP contribution in [0.1, 0.15) is 29.6 Å². The summed E-state index contributed by atoms with van der Waals surface area (Å²) in [5.74, 6) is 0.0924. The Morgan fingerprint density at radius 1 is 1.35 bits per heavy atom. The van der Waals surface area contributed by atoms with Crippen molar-refractivity contribution in [3.05, 3.63) is 35.9 Å². The van der Waals surface area contributed by atoms with Crippen LogP contribution >= 0.6 is 12.2 Å². The van der Waals surface area contributed by atoms with E-state index in [-0.39, 0.29) is 22.9 Å². The number of hydrogen-bond donors (Lipinski definition) is 2. The number of hydrogen-bond acceptors (Lipinski definition) is 3. The molecule has 3 N–H and O–H groups in total. The summed E-state index contributed by atoms with van der Waals surface area (Å²) in [6.07, 6.45) is 2.75. The third-order valence-corrected chi connectivity index (χ3v) is 3.83. The van der Waals surface area contributed by atoms with Crippen molar-refractivity contribution in [1.82, 2.24) is 10.4 Å². The molecule has 5 nitrogen and oxygen atoms in total. The molecule has 20 heavy (non-hydrogen) atoms. The highest BCUT2D eigenvalue weighted by atomic mass is 32.1. The predicted octanol–water partition coefficient (Wildman–Crippen LogP) is 1.24. The zero-order valence-electron chi connectivity index (χ0n) is 11.0. The van der Waals surface area contributed by atoms with Gasteiger partial charge in [-0.3, -0.25) is 20.0 Å². The van der Waals surface area contributed by atoms with E-state index in [9.17, 15) is 9.59 Å². The van der Waals surface area contributed by atoms with Gasteiger partial charge in [-0.25, -0.2) is 0 Å². The molecule has 0 saturated heterocycles. The van der Waals surface area contributed by atoms with E-state index in [1.54, 1.807) is 0 Å². The summed E-state index contributed by atoms with van der Waals surface area (Å²) >= 11 is 4.91. The van der Waals surface area contributed by atoms with Crippen molar-refractivity contribution in [1.29, 1.82) is 0 Å². The summed E-state index contributed by atoms with van der Waals surface area (Å²) in [7, 11) is 0. The van der Waals surface area contributed by atoms with Gasteiger partial charge in [0.15, 0.2) is 10.9 Å². The van der Waals surface area contributed by atoms with Gasteiger partial charge in [0.1, 0.15) is 0 Å². The van der Waals surface area contributed by atoms with Crippen LogP contribution in [-0.4, -0.2) is 28.4 Å². The fourth-order valence-electron chi connectivity index (χ4n) is 2.67. The molecule has 106 valence electrons. The van der Waals surface area contributed by atoms with E-state index in [0.29, 0.717) is 12.8 Å². The maximum Gasteiger partial charge on any atom is 0.225 e. The van der Waals surface area contributed by atoms with E-state index < -0.39 is 0 Å². The number of nitrogens with two attached hydrogens (primary N) is 1. The van der Waals surface area contributed by atoms with E-state index in [0.717, 1.165) is 18.4 Å². The highest BCUT2D eigenvalue weighted by Gasteiger charge is 2.34. The fraction of sp³-hybridized carbons (Fsp3) is 0.357. The van der Waals surface area contributed by atoms with Crippen LogP contribution in [-0.2, 0) is 4.79 Å². The topological polar surface area (TPSA) is 75.4 Å². The van der Waals surface area contributed by atoms with Gasteiger partial charge in [0.05, 0.1) is 6.04 Å². The molecule has 1 fully saturated rings.